The number of hydrogen-bond donors (Lipinski definition) is 3. The highest BCUT2D eigenvalue weighted by molar-refractivity contribution is 7.92. The highest BCUT2D eigenvalue weighted by Gasteiger charge is 2.15. The van der Waals surface area contributed by atoms with Gasteiger partial charge in [0.15, 0.2) is 5.11 Å². The van der Waals surface area contributed by atoms with Crippen LogP contribution in [0.15, 0.2) is 77.7 Å². The summed E-state index contributed by atoms with van der Waals surface area (Å²) in [4.78, 5) is 12.6. The Morgan fingerprint density at radius 2 is 1.50 bits per heavy atom. The normalized spacial score (nSPS) is 11.8. The topological polar surface area (TPSA) is 106 Å². The molecule has 0 aliphatic rings. The number of carbonyl (C=O) groups is 1. The molecule has 0 spiro atoms. The van der Waals surface area contributed by atoms with Gasteiger partial charge in [-0.25, -0.2) is 8.42 Å². The van der Waals surface area contributed by atoms with Gasteiger partial charge in [-0.3, -0.25) is 14.8 Å². The van der Waals surface area contributed by atoms with Gasteiger partial charge in [-0.05, 0) is 98.4 Å². The van der Waals surface area contributed by atoms with E-state index in [0.29, 0.717) is 28.4 Å². The summed E-state index contributed by atoms with van der Waals surface area (Å²) in [5, 5.41) is 5.58. The second-order valence-corrected chi connectivity index (χ2v) is 10.1. The third kappa shape index (κ3) is 7.69. The Labute approximate surface area is 217 Å². The molecule has 190 valence electrons. The van der Waals surface area contributed by atoms with E-state index in [1.807, 2.05) is 6.92 Å². The molecule has 1 amide bonds. The highest BCUT2D eigenvalue weighted by atomic mass is 32.2. The second kappa shape index (κ2) is 12.4. The molecule has 3 aromatic carbocycles. The molecule has 3 N–H and O–H groups in total. The summed E-state index contributed by atoms with van der Waals surface area (Å²) in [5.41, 5.74) is 1.37. The van der Waals surface area contributed by atoms with Crippen LogP contribution in [0.3, 0.4) is 0 Å². The molecule has 0 heterocycles. The maximum absolute atomic E-state index is 12.7. The summed E-state index contributed by atoms with van der Waals surface area (Å²) >= 11 is 5.23. The van der Waals surface area contributed by atoms with Crippen molar-refractivity contribution in [3.63, 3.8) is 0 Å². The van der Waals surface area contributed by atoms with Crippen LogP contribution in [0.5, 0.6) is 11.5 Å². The van der Waals surface area contributed by atoms with Crippen LogP contribution in [0.2, 0.25) is 0 Å². The van der Waals surface area contributed by atoms with Crippen molar-refractivity contribution in [1.82, 2.24) is 5.32 Å². The van der Waals surface area contributed by atoms with Crippen LogP contribution in [-0.2, 0) is 10.0 Å². The van der Waals surface area contributed by atoms with Crippen molar-refractivity contribution < 1.29 is 22.7 Å². The van der Waals surface area contributed by atoms with E-state index >= 15 is 0 Å². The predicted molar refractivity (Wildman–Crippen MR) is 145 cm³/mol. The smallest absolute Gasteiger partial charge is 0.261 e. The van der Waals surface area contributed by atoms with Crippen molar-refractivity contribution in [2.45, 2.75) is 37.7 Å². The van der Waals surface area contributed by atoms with Gasteiger partial charge in [-0.1, -0.05) is 13.3 Å². The molecule has 1 atom stereocenters. The number of methoxy groups -OCH3 is 1. The fourth-order valence-electron chi connectivity index (χ4n) is 3.31. The highest BCUT2D eigenvalue weighted by Crippen LogP contribution is 2.21. The van der Waals surface area contributed by atoms with Gasteiger partial charge < -0.3 is 14.8 Å². The molecule has 10 heteroatoms. The summed E-state index contributed by atoms with van der Waals surface area (Å²) < 4.78 is 38.7. The number of thiocarbonyl (C=S) groups is 1. The van der Waals surface area contributed by atoms with Gasteiger partial charge in [0.1, 0.15) is 11.5 Å². The first-order valence-corrected chi connectivity index (χ1v) is 13.3. The van der Waals surface area contributed by atoms with E-state index < -0.39 is 10.0 Å². The first-order valence-electron chi connectivity index (χ1n) is 11.4. The molecule has 3 rings (SSSR count). The molecule has 0 aromatic heterocycles. The van der Waals surface area contributed by atoms with Gasteiger partial charge in [0.05, 0.1) is 18.1 Å². The number of carbonyl (C=O) groups excluding carboxylic acids is 1. The van der Waals surface area contributed by atoms with Crippen molar-refractivity contribution in [3.8, 4) is 11.5 Å². The molecule has 36 heavy (non-hydrogen) atoms. The Morgan fingerprint density at radius 1 is 0.917 bits per heavy atom. The van der Waals surface area contributed by atoms with Crippen LogP contribution in [-0.4, -0.2) is 32.7 Å². The monoisotopic (exact) mass is 527 g/mol. The van der Waals surface area contributed by atoms with Crippen molar-refractivity contribution in [1.29, 1.82) is 0 Å². The SMILES string of the molecule is CCCC(C)Oc1ccc(C(=O)NC(=S)Nc2ccc(S(=O)(=O)Nc3ccc(OC)cc3)cc2)cc1. The maximum Gasteiger partial charge on any atom is 0.261 e. The van der Waals surface area contributed by atoms with Gasteiger partial charge in [0, 0.05) is 16.9 Å². The van der Waals surface area contributed by atoms with Crippen LogP contribution >= 0.6 is 12.2 Å². The van der Waals surface area contributed by atoms with Crippen molar-refractivity contribution in [2.75, 3.05) is 17.1 Å². The van der Waals surface area contributed by atoms with Gasteiger partial charge in [-0.15, -0.1) is 0 Å². The van der Waals surface area contributed by atoms with Crippen LogP contribution in [0.25, 0.3) is 0 Å². The van der Waals surface area contributed by atoms with E-state index in [-0.39, 0.29) is 22.0 Å². The first-order chi connectivity index (χ1) is 17.2. The minimum absolute atomic E-state index is 0.0781. The summed E-state index contributed by atoms with van der Waals surface area (Å²) in [7, 11) is -2.24. The van der Waals surface area contributed by atoms with Gasteiger partial charge in [0.25, 0.3) is 15.9 Å². The molecule has 0 radical (unpaired) electrons. The summed E-state index contributed by atoms with van der Waals surface area (Å²) in [6, 6.07) is 19.4. The largest absolute Gasteiger partial charge is 0.497 e. The molecule has 0 aliphatic carbocycles. The molecule has 0 bridgehead atoms. The quantitative estimate of drug-likeness (QED) is 0.312. The van der Waals surface area contributed by atoms with Crippen LogP contribution in [0.1, 0.15) is 37.0 Å². The molecule has 0 fully saturated rings. The van der Waals surface area contributed by atoms with Crippen molar-refractivity contribution in [2.24, 2.45) is 0 Å². The van der Waals surface area contributed by atoms with Gasteiger partial charge in [0.2, 0.25) is 0 Å². The zero-order valence-corrected chi connectivity index (χ0v) is 21.9. The number of rotatable bonds is 10. The van der Waals surface area contributed by atoms with E-state index in [0.717, 1.165) is 12.8 Å². The number of nitrogens with one attached hydrogen (secondary N) is 3. The van der Waals surface area contributed by atoms with Gasteiger partial charge in [-0.2, -0.15) is 0 Å². The number of sulfonamides is 1. The number of benzene rings is 3. The van der Waals surface area contributed by atoms with Crippen LogP contribution in [0.4, 0.5) is 11.4 Å². The minimum Gasteiger partial charge on any atom is -0.497 e. The lowest BCUT2D eigenvalue weighted by Crippen LogP contribution is -2.34. The third-order valence-corrected chi connectivity index (χ3v) is 6.74. The van der Waals surface area contributed by atoms with Crippen molar-refractivity contribution >= 4 is 44.6 Å². The third-order valence-electron chi connectivity index (χ3n) is 5.14. The lowest BCUT2D eigenvalue weighted by atomic mass is 10.2. The zero-order chi connectivity index (χ0) is 26.1. The van der Waals surface area contributed by atoms with E-state index in [1.165, 1.54) is 19.2 Å². The average molecular weight is 528 g/mol. The second-order valence-electron chi connectivity index (χ2n) is 8.01. The van der Waals surface area contributed by atoms with E-state index in [4.69, 9.17) is 21.7 Å². The Hall–Kier alpha value is -3.63. The molecular formula is C26H29N3O5S2. The van der Waals surface area contributed by atoms with E-state index in [1.54, 1.807) is 60.7 Å². The molecule has 8 nitrogen and oxygen atoms in total. The summed E-state index contributed by atoms with van der Waals surface area (Å²) in [6.45, 7) is 4.11. The number of anilines is 2. The first kappa shape index (κ1) is 27.0. The molecule has 1 unspecified atom stereocenters. The zero-order valence-electron chi connectivity index (χ0n) is 20.3. The van der Waals surface area contributed by atoms with Gasteiger partial charge >= 0.3 is 0 Å². The Bertz CT molecular complexity index is 1280. The minimum atomic E-state index is -3.78. The Kier molecular flexibility index (Phi) is 9.26. The standard InChI is InChI=1S/C26H29N3O5S2/c1-4-5-18(2)34-23-12-6-19(7-13-23)25(30)28-26(35)27-20-10-16-24(17-11-20)36(31,32)29-21-8-14-22(33-3)15-9-21/h6-18,29H,4-5H2,1-3H3,(H2,27,28,30,35). The maximum atomic E-state index is 12.7. The van der Waals surface area contributed by atoms with E-state index in [9.17, 15) is 13.2 Å². The van der Waals surface area contributed by atoms with Crippen LogP contribution < -0.4 is 24.8 Å². The Morgan fingerprint density at radius 3 is 2.08 bits per heavy atom. The molecule has 0 aliphatic heterocycles. The fraction of sp³-hybridized carbons (Fsp3) is 0.231. The lowest BCUT2D eigenvalue weighted by molar-refractivity contribution is 0.0977. The molecule has 0 saturated heterocycles. The number of ether oxygens (including phenoxy) is 2. The summed E-state index contributed by atoms with van der Waals surface area (Å²) in [6.07, 6.45) is 2.09. The number of hydrogen-bond acceptors (Lipinski definition) is 6. The van der Waals surface area contributed by atoms with Crippen LogP contribution in [0, 0.1) is 0 Å². The molecule has 3 aromatic rings. The number of amides is 1. The summed E-state index contributed by atoms with van der Waals surface area (Å²) in [5.74, 6) is 0.952. The van der Waals surface area contributed by atoms with Crippen molar-refractivity contribution in [3.05, 3.63) is 78.4 Å². The molecule has 0 saturated carbocycles. The van der Waals surface area contributed by atoms with E-state index in [2.05, 4.69) is 22.3 Å². The predicted octanol–water partition coefficient (Wildman–Crippen LogP) is 5.19. The lowest BCUT2D eigenvalue weighted by Gasteiger charge is -2.14. The Balaban J connectivity index is 1.55. The fourth-order valence-corrected chi connectivity index (χ4v) is 4.58. The molecular weight excluding hydrogens is 498 g/mol. The average Bonchev–Trinajstić information content (AvgIpc) is 2.85.